The lowest BCUT2D eigenvalue weighted by atomic mass is 9.98. The summed E-state index contributed by atoms with van der Waals surface area (Å²) in [6.07, 6.45) is 5.58. The maximum atomic E-state index is 5.47. The number of nitrogens with one attached hydrogen (secondary N) is 1. The third-order valence-electron chi connectivity index (χ3n) is 4.06. The van der Waals surface area contributed by atoms with Crippen LogP contribution in [0.2, 0.25) is 0 Å². The van der Waals surface area contributed by atoms with Crippen molar-refractivity contribution in [2.75, 3.05) is 13.7 Å². The number of hydrogen-bond acceptors (Lipinski definition) is 3. The highest BCUT2D eigenvalue weighted by Gasteiger charge is 2.25. The van der Waals surface area contributed by atoms with Crippen LogP contribution in [-0.2, 0) is 6.54 Å². The van der Waals surface area contributed by atoms with E-state index in [9.17, 15) is 0 Å². The van der Waals surface area contributed by atoms with Crippen molar-refractivity contribution < 1.29 is 4.74 Å². The van der Waals surface area contributed by atoms with Crippen molar-refractivity contribution in [3.8, 4) is 5.75 Å². The lowest BCUT2D eigenvalue weighted by Gasteiger charge is -2.35. The van der Waals surface area contributed by atoms with Gasteiger partial charge in [0.25, 0.3) is 0 Å². The second-order valence-corrected chi connectivity index (χ2v) is 5.31. The van der Waals surface area contributed by atoms with Gasteiger partial charge in [-0.1, -0.05) is 24.6 Å². The molecule has 1 aromatic carbocycles. The van der Waals surface area contributed by atoms with E-state index in [-0.39, 0.29) is 0 Å². The summed E-state index contributed by atoms with van der Waals surface area (Å²) in [5.41, 5.74) is 2.47. The molecule has 106 valence electrons. The lowest BCUT2D eigenvalue weighted by molar-refractivity contribution is 0.136. The van der Waals surface area contributed by atoms with E-state index in [2.05, 4.69) is 33.3 Å². The maximum absolute atomic E-state index is 5.47. The summed E-state index contributed by atoms with van der Waals surface area (Å²) in [6, 6.07) is 10.8. The van der Waals surface area contributed by atoms with Crippen molar-refractivity contribution >= 4 is 0 Å². The van der Waals surface area contributed by atoms with Crippen molar-refractivity contribution in [1.82, 2.24) is 15.1 Å². The molecule has 1 aromatic heterocycles. The number of H-pyrrole nitrogens is 1. The van der Waals surface area contributed by atoms with E-state index in [1.807, 2.05) is 18.3 Å². The number of likely N-dealkylation sites (tertiary alicyclic amines) is 1. The zero-order valence-corrected chi connectivity index (χ0v) is 11.9. The van der Waals surface area contributed by atoms with Crippen LogP contribution in [0.5, 0.6) is 5.75 Å². The number of hydrogen-bond donors (Lipinski definition) is 1. The highest BCUT2D eigenvalue weighted by atomic mass is 16.5. The minimum Gasteiger partial charge on any atom is -0.496 e. The summed E-state index contributed by atoms with van der Waals surface area (Å²) >= 11 is 0. The number of aromatic nitrogens is 2. The van der Waals surface area contributed by atoms with Crippen LogP contribution in [0.3, 0.4) is 0 Å². The zero-order valence-electron chi connectivity index (χ0n) is 11.9. The molecule has 0 radical (unpaired) electrons. The number of piperidine rings is 1. The SMILES string of the molecule is COc1ccccc1CN1CCCC[C@@H]1c1ccn[nH]1. The van der Waals surface area contributed by atoms with Gasteiger partial charge in [0, 0.05) is 18.3 Å². The van der Waals surface area contributed by atoms with Gasteiger partial charge in [-0.3, -0.25) is 10.00 Å². The molecule has 0 amide bonds. The predicted octanol–water partition coefficient (Wildman–Crippen LogP) is 3.15. The van der Waals surface area contributed by atoms with Crippen molar-refractivity contribution in [2.45, 2.75) is 31.8 Å². The topological polar surface area (TPSA) is 41.1 Å². The molecule has 1 fully saturated rings. The van der Waals surface area contributed by atoms with Crippen molar-refractivity contribution in [1.29, 1.82) is 0 Å². The van der Waals surface area contributed by atoms with E-state index in [1.165, 1.54) is 30.5 Å². The Kier molecular flexibility index (Phi) is 4.02. The summed E-state index contributed by atoms with van der Waals surface area (Å²) in [5.74, 6) is 0.974. The van der Waals surface area contributed by atoms with Crippen molar-refractivity contribution in [2.24, 2.45) is 0 Å². The smallest absolute Gasteiger partial charge is 0.123 e. The fourth-order valence-electron chi connectivity index (χ4n) is 3.04. The van der Waals surface area contributed by atoms with Crippen LogP contribution in [0.25, 0.3) is 0 Å². The van der Waals surface area contributed by atoms with Crippen LogP contribution >= 0.6 is 0 Å². The monoisotopic (exact) mass is 271 g/mol. The molecule has 2 heterocycles. The average Bonchev–Trinajstić information content (AvgIpc) is 3.02. The number of benzene rings is 1. The molecule has 4 heteroatoms. The van der Waals surface area contributed by atoms with Gasteiger partial charge in [-0.15, -0.1) is 0 Å². The summed E-state index contributed by atoms with van der Waals surface area (Å²) in [6.45, 7) is 2.05. The van der Waals surface area contributed by atoms with E-state index < -0.39 is 0 Å². The Morgan fingerprint density at radius 3 is 3.00 bits per heavy atom. The molecule has 4 nitrogen and oxygen atoms in total. The molecular weight excluding hydrogens is 250 g/mol. The molecular formula is C16H21N3O. The molecule has 2 aromatic rings. The highest BCUT2D eigenvalue weighted by molar-refractivity contribution is 5.33. The molecule has 1 aliphatic heterocycles. The van der Waals surface area contributed by atoms with Gasteiger partial charge in [0.05, 0.1) is 18.8 Å². The van der Waals surface area contributed by atoms with Crippen LogP contribution in [-0.4, -0.2) is 28.8 Å². The van der Waals surface area contributed by atoms with Crippen molar-refractivity contribution in [3.05, 3.63) is 47.8 Å². The van der Waals surface area contributed by atoms with Crippen LogP contribution < -0.4 is 4.74 Å². The molecule has 1 aliphatic rings. The lowest BCUT2D eigenvalue weighted by Crippen LogP contribution is -2.33. The Labute approximate surface area is 119 Å². The predicted molar refractivity (Wildman–Crippen MR) is 78.6 cm³/mol. The molecule has 20 heavy (non-hydrogen) atoms. The number of para-hydroxylation sites is 1. The minimum absolute atomic E-state index is 0.441. The quantitative estimate of drug-likeness (QED) is 0.928. The van der Waals surface area contributed by atoms with Gasteiger partial charge in [-0.05, 0) is 31.5 Å². The normalized spacial score (nSPS) is 19.9. The number of ether oxygens (including phenoxy) is 1. The second-order valence-electron chi connectivity index (χ2n) is 5.31. The summed E-state index contributed by atoms with van der Waals surface area (Å²) in [7, 11) is 1.74. The molecule has 1 atom stereocenters. The van der Waals surface area contributed by atoms with E-state index >= 15 is 0 Å². The molecule has 1 saturated heterocycles. The fourth-order valence-corrected chi connectivity index (χ4v) is 3.04. The van der Waals surface area contributed by atoms with E-state index in [0.717, 1.165) is 18.8 Å². The fraction of sp³-hybridized carbons (Fsp3) is 0.438. The van der Waals surface area contributed by atoms with Gasteiger partial charge in [0.1, 0.15) is 5.75 Å². The third kappa shape index (κ3) is 2.70. The Bertz CT molecular complexity index is 538. The standard InChI is InChI=1S/C16H21N3O/c1-20-16-8-3-2-6-13(16)12-19-11-5-4-7-15(19)14-9-10-17-18-14/h2-3,6,8-10,15H,4-5,7,11-12H2,1H3,(H,17,18)/t15-/m1/s1. The minimum atomic E-state index is 0.441. The Balaban J connectivity index is 1.80. The van der Waals surface area contributed by atoms with Crippen LogP contribution in [0, 0.1) is 0 Å². The summed E-state index contributed by atoms with van der Waals surface area (Å²) < 4.78 is 5.47. The van der Waals surface area contributed by atoms with Gasteiger partial charge in [-0.25, -0.2) is 0 Å². The molecule has 0 bridgehead atoms. The first kappa shape index (κ1) is 13.2. The van der Waals surface area contributed by atoms with Crippen LogP contribution in [0.15, 0.2) is 36.5 Å². The average molecular weight is 271 g/mol. The summed E-state index contributed by atoms with van der Waals surface area (Å²) in [5, 5.41) is 7.22. The van der Waals surface area contributed by atoms with Crippen LogP contribution in [0.1, 0.15) is 36.6 Å². The van der Waals surface area contributed by atoms with E-state index in [4.69, 9.17) is 4.74 Å². The highest BCUT2D eigenvalue weighted by Crippen LogP contribution is 2.32. The van der Waals surface area contributed by atoms with Gasteiger partial charge < -0.3 is 4.74 Å². The molecule has 0 unspecified atom stereocenters. The first-order chi connectivity index (χ1) is 9.88. The van der Waals surface area contributed by atoms with Gasteiger partial charge in [0.15, 0.2) is 0 Å². The number of rotatable bonds is 4. The Morgan fingerprint density at radius 1 is 1.30 bits per heavy atom. The third-order valence-corrected chi connectivity index (χ3v) is 4.06. The van der Waals surface area contributed by atoms with Gasteiger partial charge in [0.2, 0.25) is 0 Å². The van der Waals surface area contributed by atoms with Crippen molar-refractivity contribution in [3.63, 3.8) is 0 Å². The molecule has 0 aliphatic carbocycles. The molecule has 3 rings (SSSR count). The zero-order chi connectivity index (χ0) is 13.8. The van der Waals surface area contributed by atoms with E-state index in [0.29, 0.717) is 6.04 Å². The Hall–Kier alpha value is -1.81. The number of aromatic amines is 1. The first-order valence-corrected chi connectivity index (χ1v) is 7.23. The largest absolute Gasteiger partial charge is 0.496 e. The second kappa shape index (κ2) is 6.09. The summed E-state index contributed by atoms with van der Waals surface area (Å²) in [4.78, 5) is 2.52. The number of methoxy groups -OCH3 is 1. The first-order valence-electron chi connectivity index (χ1n) is 7.23. The molecule has 0 saturated carbocycles. The molecule has 1 N–H and O–H groups in total. The Morgan fingerprint density at radius 2 is 2.20 bits per heavy atom. The van der Waals surface area contributed by atoms with Crippen LogP contribution in [0.4, 0.5) is 0 Å². The van der Waals surface area contributed by atoms with E-state index in [1.54, 1.807) is 7.11 Å². The number of nitrogens with zero attached hydrogens (tertiary/aromatic N) is 2. The maximum Gasteiger partial charge on any atom is 0.123 e. The van der Waals surface area contributed by atoms with Gasteiger partial charge >= 0.3 is 0 Å². The van der Waals surface area contributed by atoms with Gasteiger partial charge in [-0.2, -0.15) is 5.10 Å². The molecule has 0 spiro atoms.